The summed E-state index contributed by atoms with van der Waals surface area (Å²) in [6.45, 7) is 3.79. The zero-order valence-electron chi connectivity index (χ0n) is 10.5. The third kappa shape index (κ3) is 2.02. The van der Waals surface area contributed by atoms with Crippen molar-refractivity contribution >= 4 is 34.7 Å². The van der Waals surface area contributed by atoms with E-state index < -0.39 is 11.7 Å². The minimum absolute atomic E-state index is 0.364. The minimum atomic E-state index is -0.585. The molecule has 98 valence electrons. The number of benzene rings is 1. The van der Waals surface area contributed by atoms with Crippen molar-refractivity contribution in [1.29, 1.82) is 0 Å². The lowest BCUT2D eigenvalue weighted by Gasteiger charge is -2.29. The third-order valence-electron chi connectivity index (χ3n) is 3.46. The van der Waals surface area contributed by atoms with Crippen molar-refractivity contribution in [2.45, 2.75) is 13.3 Å². The largest absolute Gasteiger partial charge is 0.366 e. The number of hydrogen-bond donors (Lipinski definition) is 1. The number of carbonyl (C=O) groups is 2. The number of ketones is 1. The summed E-state index contributed by atoms with van der Waals surface area (Å²) in [7, 11) is 0. The number of rotatable bonds is 1. The second kappa shape index (κ2) is 4.38. The van der Waals surface area contributed by atoms with E-state index in [-0.39, 0.29) is 0 Å². The van der Waals surface area contributed by atoms with Gasteiger partial charge in [0.05, 0.1) is 22.0 Å². The summed E-state index contributed by atoms with van der Waals surface area (Å²) in [5.41, 5.74) is 3.08. The van der Waals surface area contributed by atoms with Gasteiger partial charge in [0.15, 0.2) is 0 Å². The number of hydrogen-bond acceptors (Lipinski definition) is 3. The van der Waals surface area contributed by atoms with E-state index in [2.05, 4.69) is 23.2 Å². The highest BCUT2D eigenvalue weighted by molar-refractivity contribution is 6.52. The van der Waals surface area contributed by atoms with Gasteiger partial charge < -0.3 is 10.2 Å². The van der Waals surface area contributed by atoms with Gasteiger partial charge in [-0.3, -0.25) is 9.59 Å². The number of Topliss-reactive ketones (excluding diaryl/α,β-unsaturated/α-hetero) is 1. The van der Waals surface area contributed by atoms with Crippen LogP contribution in [0.15, 0.2) is 23.8 Å². The molecule has 1 amide bonds. The molecule has 3 rings (SSSR count). The van der Waals surface area contributed by atoms with Crippen LogP contribution in [0.5, 0.6) is 0 Å². The highest BCUT2D eigenvalue weighted by Crippen LogP contribution is 2.36. The highest BCUT2D eigenvalue weighted by Gasteiger charge is 2.30. The predicted octanol–water partition coefficient (Wildman–Crippen LogP) is 2.63. The smallest absolute Gasteiger partial charge is 0.296 e. The lowest BCUT2D eigenvalue weighted by atomic mass is 10.1. The molecule has 0 bridgehead atoms. The van der Waals surface area contributed by atoms with Crippen molar-refractivity contribution in [1.82, 2.24) is 0 Å². The molecular weight excluding hydrogens is 264 g/mol. The van der Waals surface area contributed by atoms with E-state index in [0.717, 1.165) is 25.2 Å². The van der Waals surface area contributed by atoms with Crippen molar-refractivity contribution in [3.63, 3.8) is 0 Å². The van der Waals surface area contributed by atoms with Crippen LogP contribution in [0.1, 0.15) is 23.7 Å². The number of nitrogens with one attached hydrogen (secondary N) is 1. The van der Waals surface area contributed by atoms with Crippen LogP contribution < -0.4 is 10.2 Å². The Kier molecular flexibility index (Phi) is 2.82. The zero-order valence-corrected chi connectivity index (χ0v) is 11.3. The Morgan fingerprint density at radius 2 is 2.11 bits per heavy atom. The first-order chi connectivity index (χ1) is 9.06. The molecule has 2 aliphatic heterocycles. The maximum Gasteiger partial charge on any atom is 0.296 e. The molecule has 1 aromatic carbocycles. The zero-order chi connectivity index (χ0) is 13.6. The number of nitrogens with zero attached hydrogens (tertiary/aromatic N) is 1. The minimum Gasteiger partial charge on any atom is -0.366 e. The summed E-state index contributed by atoms with van der Waals surface area (Å²) in [5, 5.41) is 3.09. The maximum absolute atomic E-state index is 11.6. The molecule has 0 radical (unpaired) electrons. The topological polar surface area (TPSA) is 49.4 Å². The summed E-state index contributed by atoms with van der Waals surface area (Å²) in [6, 6.07) is 3.37. The first-order valence-electron chi connectivity index (χ1n) is 6.16. The molecule has 1 aromatic rings. The number of amides is 1. The number of halogens is 1. The SMILES string of the molecule is CC1=CCCN(c2cc3c(cc2Cl)C(=O)C(=O)N3)C1. The highest BCUT2D eigenvalue weighted by atomic mass is 35.5. The Morgan fingerprint density at radius 1 is 1.32 bits per heavy atom. The van der Waals surface area contributed by atoms with Crippen molar-refractivity contribution in [3.8, 4) is 0 Å². The van der Waals surface area contributed by atoms with Gasteiger partial charge in [-0.25, -0.2) is 0 Å². The van der Waals surface area contributed by atoms with Crippen molar-refractivity contribution in [3.05, 3.63) is 34.4 Å². The van der Waals surface area contributed by atoms with Crippen LogP contribution in [0.25, 0.3) is 0 Å². The third-order valence-corrected chi connectivity index (χ3v) is 3.76. The quantitative estimate of drug-likeness (QED) is 0.634. The summed E-state index contributed by atoms with van der Waals surface area (Å²) < 4.78 is 0. The molecule has 19 heavy (non-hydrogen) atoms. The van der Waals surface area contributed by atoms with Crippen molar-refractivity contribution in [2.75, 3.05) is 23.3 Å². The molecule has 2 aliphatic rings. The van der Waals surface area contributed by atoms with Crippen molar-refractivity contribution in [2.24, 2.45) is 0 Å². The van der Waals surface area contributed by atoms with Gasteiger partial charge in [-0.15, -0.1) is 0 Å². The summed E-state index contributed by atoms with van der Waals surface area (Å²) >= 11 is 6.25. The Hall–Kier alpha value is -1.81. The molecule has 5 heteroatoms. The second-order valence-corrected chi connectivity index (χ2v) is 5.30. The molecular formula is C14H13ClN2O2. The van der Waals surface area contributed by atoms with Crippen LogP contribution in [0.4, 0.5) is 11.4 Å². The van der Waals surface area contributed by atoms with E-state index >= 15 is 0 Å². The molecule has 0 saturated heterocycles. The lowest BCUT2D eigenvalue weighted by Crippen LogP contribution is -2.29. The molecule has 0 unspecified atom stereocenters. The molecule has 0 atom stereocenters. The first-order valence-corrected chi connectivity index (χ1v) is 6.54. The van der Waals surface area contributed by atoms with E-state index in [1.807, 2.05) is 0 Å². The standard InChI is InChI=1S/C14H13ClN2O2/c1-8-3-2-4-17(7-8)12-6-11-9(5-10(12)15)13(18)14(19)16-11/h3,5-6H,2,4,7H2,1H3,(H,16,18,19). The van der Waals surface area contributed by atoms with Gasteiger partial charge in [0, 0.05) is 13.1 Å². The Labute approximate surface area is 116 Å². The Morgan fingerprint density at radius 3 is 2.84 bits per heavy atom. The molecule has 4 nitrogen and oxygen atoms in total. The van der Waals surface area contributed by atoms with Gasteiger partial charge in [0.1, 0.15) is 0 Å². The van der Waals surface area contributed by atoms with Gasteiger partial charge >= 0.3 is 0 Å². The van der Waals surface area contributed by atoms with E-state index in [0.29, 0.717) is 16.3 Å². The van der Waals surface area contributed by atoms with E-state index in [9.17, 15) is 9.59 Å². The van der Waals surface area contributed by atoms with Crippen LogP contribution in [0, 0.1) is 0 Å². The van der Waals surface area contributed by atoms with Crippen LogP contribution in [0.2, 0.25) is 5.02 Å². The Bertz CT molecular complexity index is 622. The van der Waals surface area contributed by atoms with Crippen LogP contribution in [-0.2, 0) is 4.79 Å². The molecule has 0 aromatic heterocycles. The average Bonchev–Trinajstić information content (AvgIpc) is 2.65. The fraction of sp³-hybridized carbons (Fsp3) is 0.286. The first kappa shape index (κ1) is 12.2. The average molecular weight is 277 g/mol. The van der Waals surface area contributed by atoms with E-state index in [1.54, 1.807) is 12.1 Å². The van der Waals surface area contributed by atoms with E-state index in [4.69, 9.17) is 11.6 Å². The normalized spacial score (nSPS) is 18.2. The van der Waals surface area contributed by atoms with Gasteiger partial charge in [-0.1, -0.05) is 23.3 Å². The van der Waals surface area contributed by atoms with Gasteiger partial charge in [0.25, 0.3) is 11.7 Å². The molecule has 2 heterocycles. The molecule has 1 N–H and O–H groups in total. The van der Waals surface area contributed by atoms with Crippen LogP contribution >= 0.6 is 11.6 Å². The van der Waals surface area contributed by atoms with Gasteiger partial charge in [-0.05, 0) is 25.5 Å². The number of carbonyl (C=O) groups excluding carboxylic acids is 2. The molecule has 0 aliphatic carbocycles. The van der Waals surface area contributed by atoms with Gasteiger partial charge in [0.2, 0.25) is 0 Å². The molecule has 0 saturated carbocycles. The van der Waals surface area contributed by atoms with Gasteiger partial charge in [-0.2, -0.15) is 0 Å². The number of fused-ring (bicyclic) bond motifs is 1. The van der Waals surface area contributed by atoms with Crippen molar-refractivity contribution < 1.29 is 9.59 Å². The summed E-state index contributed by atoms with van der Waals surface area (Å²) in [6.07, 6.45) is 3.19. The Balaban J connectivity index is 2.01. The maximum atomic E-state index is 11.6. The lowest BCUT2D eigenvalue weighted by molar-refractivity contribution is -0.112. The molecule has 0 spiro atoms. The van der Waals surface area contributed by atoms with Crippen LogP contribution in [-0.4, -0.2) is 24.8 Å². The second-order valence-electron chi connectivity index (χ2n) is 4.89. The molecule has 0 fully saturated rings. The summed E-state index contributed by atoms with van der Waals surface area (Å²) in [4.78, 5) is 25.1. The predicted molar refractivity (Wildman–Crippen MR) is 75.0 cm³/mol. The monoisotopic (exact) mass is 276 g/mol. The fourth-order valence-electron chi connectivity index (χ4n) is 2.51. The summed E-state index contributed by atoms with van der Waals surface area (Å²) in [5.74, 6) is -1.10. The fourth-order valence-corrected chi connectivity index (χ4v) is 2.80. The van der Waals surface area contributed by atoms with Crippen LogP contribution in [0.3, 0.4) is 0 Å². The van der Waals surface area contributed by atoms with E-state index in [1.165, 1.54) is 5.57 Å². The number of anilines is 2.